The maximum atomic E-state index is 13.7. The van der Waals surface area contributed by atoms with E-state index < -0.39 is 15.9 Å². The van der Waals surface area contributed by atoms with Gasteiger partial charge in [-0.25, -0.2) is 17.8 Å². The first-order chi connectivity index (χ1) is 16.4. The third-order valence-corrected chi connectivity index (χ3v) is 8.77. The largest absolute Gasteiger partial charge is 0.467 e. The summed E-state index contributed by atoms with van der Waals surface area (Å²) in [4.78, 5) is 20.0. The molecule has 176 valence electrons. The Bertz CT molecular complexity index is 1400. The summed E-state index contributed by atoms with van der Waals surface area (Å²) in [6, 6.07) is 16.0. The van der Waals surface area contributed by atoms with Crippen LogP contribution in [0, 0.1) is 11.7 Å². The maximum Gasteiger partial charge on any atom is 0.243 e. The molecule has 2 aromatic heterocycles. The zero-order chi connectivity index (χ0) is 23.7. The molecule has 2 aromatic carbocycles. The topological polar surface area (TPSA) is 83.7 Å². The van der Waals surface area contributed by atoms with Crippen molar-refractivity contribution in [3.63, 3.8) is 0 Å². The van der Waals surface area contributed by atoms with Crippen molar-refractivity contribution < 1.29 is 22.0 Å². The second kappa shape index (κ2) is 9.28. The number of piperidine rings is 1. The van der Waals surface area contributed by atoms with Gasteiger partial charge in [0.1, 0.15) is 11.6 Å². The number of thiazole rings is 1. The van der Waals surface area contributed by atoms with Crippen LogP contribution in [0.3, 0.4) is 0 Å². The molecule has 10 heteroatoms. The predicted octanol–water partition coefficient (Wildman–Crippen LogP) is 4.66. The molecule has 1 saturated heterocycles. The summed E-state index contributed by atoms with van der Waals surface area (Å²) in [6.45, 7) is 0.597. The lowest BCUT2D eigenvalue weighted by Gasteiger charge is -2.33. The first-order valence-corrected chi connectivity index (χ1v) is 13.1. The fourth-order valence-electron chi connectivity index (χ4n) is 4.12. The molecular weight excluding hydrogens is 477 g/mol. The van der Waals surface area contributed by atoms with Crippen molar-refractivity contribution in [3.8, 4) is 0 Å². The minimum atomic E-state index is -3.70. The van der Waals surface area contributed by atoms with Gasteiger partial charge in [-0.05, 0) is 55.3 Å². The Hall–Kier alpha value is -3.08. The molecule has 4 aromatic rings. The van der Waals surface area contributed by atoms with Gasteiger partial charge in [-0.2, -0.15) is 4.31 Å². The smallest absolute Gasteiger partial charge is 0.243 e. The number of halogens is 1. The number of furan rings is 1. The number of nitrogens with zero attached hydrogens (tertiary/aromatic N) is 3. The normalized spacial score (nSPS) is 17.1. The SMILES string of the molecule is O=C(C1CCCN(S(=O)(=O)c2ccccc2)C1)N(Cc1ccco1)c1nc2ccc(F)cc2s1. The summed E-state index contributed by atoms with van der Waals surface area (Å²) < 4.78 is 47.5. The molecule has 1 fully saturated rings. The fraction of sp³-hybridized carbons (Fsp3) is 0.250. The molecular formula is C24H22FN3O4S2. The van der Waals surface area contributed by atoms with Crippen LogP contribution in [0.15, 0.2) is 76.2 Å². The van der Waals surface area contributed by atoms with Crippen molar-refractivity contribution in [3.05, 3.63) is 78.5 Å². The molecule has 7 nitrogen and oxygen atoms in total. The van der Waals surface area contributed by atoms with Crippen LogP contribution in [-0.4, -0.2) is 36.7 Å². The minimum Gasteiger partial charge on any atom is -0.467 e. The van der Waals surface area contributed by atoms with Crippen LogP contribution in [0.5, 0.6) is 0 Å². The van der Waals surface area contributed by atoms with Crippen molar-refractivity contribution in [2.24, 2.45) is 5.92 Å². The van der Waals surface area contributed by atoms with Crippen LogP contribution >= 0.6 is 11.3 Å². The van der Waals surface area contributed by atoms with Gasteiger partial charge in [-0.15, -0.1) is 0 Å². The Morgan fingerprint density at radius 2 is 2.00 bits per heavy atom. The van der Waals surface area contributed by atoms with Crippen LogP contribution in [0.2, 0.25) is 0 Å². The van der Waals surface area contributed by atoms with Crippen molar-refractivity contribution >= 4 is 42.6 Å². The van der Waals surface area contributed by atoms with E-state index in [0.29, 0.717) is 40.5 Å². The predicted molar refractivity (Wildman–Crippen MR) is 127 cm³/mol. The summed E-state index contributed by atoms with van der Waals surface area (Å²) in [7, 11) is -3.70. The van der Waals surface area contributed by atoms with E-state index >= 15 is 0 Å². The van der Waals surface area contributed by atoms with E-state index in [4.69, 9.17) is 4.42 Å². The van der Waals surface area contributed by atoms with E-state index in [1.54, 1.807) is 48.5 Å². The summed E-state index contributed by atoms with van der Waals surface area (Å²) in [5, 5.41) is 0.421. The van der Waals surface area contributed by atoms with Gasteiger partial charge in [0, 0.05) is 13.1 Å². The molecule has 3 heterocycles. The number of hydrogen-bond donors (Lipinski definition) is 0. The molecule has 5 rings (SSSR count). The number of sulfonamides is 1. The Morgan fingerprint density at radius 3 is 2.76 bits per heavy atom. The number of amides is 1. The van der Waals surface area contributed by atoms with Gasteiger partial charge < -0.3 is 4.42 Å². The van der Waals surface area contributed by atoms with E-state index in [9.17, 15) is 17.6 Å². The molecule has 0 bridgehead atoms. The number of benzene rings is 2. The molecule has 0 radical (unpaired) electrons. The molecule has 0 aliphatic carbocycles. The van der Waals surface area contributed by atoms with Gasteiger partial charge in [0.15, 0.2) is 5.13 Å². The highest BCUT2D eigenvalue weighted by Gasteiger charge is 2.36. The summed E-state index contributed by atoms with van der Waals surface area (Å²) >= 11 is 1.22. The quantitative estimate of drug-likeness (QED) is 0.385. The fourth-order valence-corrected chi connectivity index (χ4v) is 6.66. The molecule has 34 heavy (non-hydrogen) atoms. The Labute approximate surface area is 200 Å². The standard InChI is InChI=1S/C24H22FN3O4S2/c25-18-10-11-21-22(14-18)33-24(26-21)28(16-19-7-5-13-32-19)23(29)17-6-4-12-27(15-17)34(30,31)20-8-2-1-3-9-20/h1-3,5,7-11,13-14,17H,4,6,12,15-16H2. The number of anilines is 1. The Balaban J connectivity index is 1.44. The number of fused-ring (bicyclic) bond motifs is 1. The second-order valence-electron chi connectivity index (χ2n) is 8.13. The second-order valence-corrected chi connectivity index (χ2v) is 11.1. The van der Waals surface area contributed by atoms with Crippen molar-refractivity contribution in [1.29, 1.82) is 0 Å². The molecule has 1 aliphatic heterocycles. The highest BCUT2D eigenvalue weighted by Crippen LogP contribution is 2.33. The van der Waals surface area contributed by atoms with Gasteiger partial charge >= 0.3 is 0 Å². The summed E-state index contributed by atoms with van der Waals surface area (Å²) in [6.07, 6.45) is 2.66. The van der Waals surface area contributed by atoms with Crippen LogP contribution in [0.1, 0.15) is 18.6 Å². The van der Waals surface area contributed by atoms with Crippen molar-refractivity contribution in [2.75, 3.05) is 18.0 Å². The monoisotopic (exact) mass is 499 g/mol. The third kappa shape index (κ3) is 4.48. The van der Waals surface area contributed by atoms with Gasteiger partial charge in [-0.1, -0.05) is 29.5 Å². The van der Waals surface area contributed by atoms with E-state index in [1.165, 1.54) is 38.9 Å². The number of carbonyl (C=O) groups is 1. The molecule has 1 aliphatic rings. The molecule has 0 spiro atoms. The number of aromatic nitrogens is 1. The number of rotatable bonds is 6. The lowest BCUT2D eigenvalue weighted by molar-refractivity contribution is -0.123. The molecule has 0 N–H and O–H groups in total. The third-order valence-electron chi connectivity index (χ3n) is 5.84. The van der Waals surface area contributed by atoms with Gasteiger partial charge in [-0.3, -0.25) is 9.69 Å². The highest BCUT2D eigenvalue weighted by molar-refractivity contribution is 7.89. The van der Waals surface area contributed by atoms with Crippen molar-refractivity contribution in [2.45, 2.75) is 24.3 Å². The van der Waals surface area contributed by atoms with E-state index in [0.717, 1.165) is 0 Å². The van der Waals surface area contributed by atoms with Crippen LogP contribution in [0.25, 0.3) is 10.2 Å². The summed E-state index contributed by atoms with van der Waals surface area (Å²) in [5.74, 6) is -0.571. The highest BCUT2D eigenvalue weighted by atomic mass is 32.2. The Morgan fingerprint density at radius 1 is 1.18 bits per heavy atom. The first-order valence-electron chi connectivity index (χ1n) is 10.9. The van der Waals surface area contributed by atoms with Crippen LogP contribution in [0.4, 0.5) is 9.52 Å². The maximum absolute atomic E-state index is 13.7. The van der Waals surface area contributed by atoms with E-state index in [-0.39, 0.29) is 29.7 Å². The lowest BCUT2D eigenvalue weighted by atomic mass is 9.98. The van der Waals surface area contributed by atoms with Gasteiger partial charge in [0.25, 0.3) is 0 Å². The first kappa shape index (κ1) is 22.7. The number of hydrogen-bond acceptors (Lipinski definition) is 6. The van der Waals surface area contributed by atoms with Gasteiger partial charge in [0.2, 0.25) is 15.9 Å². The van der Waals surface area contributed by atoms with Gasteiger partial charge in [0.05, 0.1) is 33.8 Å². The average molecular weight is 500 g/mol. The zero-order valence-electron chi connectivity index (χ0n) is 18.1. The van der Waals surface area contributed by atoms with E-state index in [2.05, 4.69) is 4.98 Å². The van der Waals surface area contributed by atoms with Crippen molar-refractivity contribution in [1.82, 2.24) is 9.29 Å². The minimum absolute atomic E-state index is 0.0875. The van der Waals surface area contributed by atoms with E-state index in [1.807, 2.05) is 0 Å². The lowest BCUT2D eigenvalue weighted by Crippen LogP contribution is -2.46. The number of carbonyl (C=O) groups excluding carboxylic acids is 1. The van der Waals surface area contributed by atoms with Crippen LogP contribution < -0.4 is 4.90 Å². The molecule has 0 saturated carbocycles. The zero-order valence-corrected chi connectivity index (χ0v) is 19.8. The summed E-state index contributed by atoms with van der Waals surface area (Å²) in [5.41, 5.74) is 0.593. The molecule has 1 unspecified atom stereocenters. The molecule has 1 amide bonds. The van der Waals surface area contributed by atoms with Crippen LogP contribution in [-0.2, 0) is 21.4 Å². The average Bonchev–Trinajstić information content (AvgIpc) is 3.52. The molecule has 1 atom stereocenters. The Kier molecular flexibility index (Phi) is 6.20.